The van der Waals surface area contributed by atoms with E-state index in [2.05, 4.69) is 20.2 Å². The van der Waals surface area contributed by atoms with E-state index in [0.717, 1.165) is 51.6 Å². The van der Waals surface area contributed by atoms with Crippen molar-refractivity contribution in [2.75, 3.05) is 25.5 Å². The van der Waals surface area contributed by atoms with Crippen molar-refractivity contribution >= 4 is 34.0 Å². The van der Waals surface area contributed by atoms with Crippen molar-refractivity contribution in [3.05, 3.63) is 47.5 Å². The molecule has 35 heavy (non-hydrogen) atoms. The molecular weight excluding hydrogens is 471 g/mol. The van der Waals surface area contributed by atoms with Crippen LogP contribution in [0.4, 0.5) is 15.9 Å². The lowest BCUT2D eigenvalue weighted by Gasteiger charge is -2.40. The van der Waals surface area contributed by atoms with Crippen LogP contribution in [-0.2, 0) is 0 Å². The summed E-state index contributed by atoms with van der Waals surface area (Å²) >= 11 is 5.94. The highest BCUT2D eigenvalue weighted by Crippen LogP contribution is 2.38. The Morgan fingerprint density at radius 3 is 2.71 bits per heavy atom. The van der Waals surface area contributed by atoms with Gasteiger partial charge in [-0.15, -0.1) is 0 Å². The maximum Gasteiger partial charge on any atom is 0.165 e. The summed E-state index contributed by atoms with van der Waals surface area (Å²) in [5.41, 5.74) is 0.887. The van der Waals surface area contributed by atoms with Crippen LogP contribution in [0, 0.1) is 5.82 Å². The van der Waals surface area contributed by atoms with Crippen LogP contribution in [0.2, 0.25) is 5.02 Å². The van der Waals surface area contributed by atoms with E-state index in [1.54, 1.807) is 19.2 Å². The van der Waals surface area contributed by atoms with Crippen molar-refractivity contribution in [2.24, 2.45) is 0 Å². The van der Waals surface area contributed by atoms with Gasteiger partial charge in [-0.25, -0.2) is 14.4 Å². The summed E-state index contributed by atoms with van der Waals surface area (Å²) in [5.74, 6) is 1.12. The molecule has 186 valence electrons. The smallest absolute Gasteiger partial charge is 0.165 e. The molecule has 0 amide bonds. The predicted molar refractivity (Wildman–Crippen MR) is 134 cm³/mol. The van der Waals surface area contributed by atoms with Gasteiger partial charge in [0.05, 0.1) is 35.5 Å². The highest BCUT2D eigenvalue weighted by atomic mass is 35.5. The monoisotopic (exact) mass is 500 g/mol. The quantitative estimate of drug-likeness (QED) is 0.474. The van der Waals surface area contributed by atoms with E-state index in [9.17, 15) is 9.50 Å². The van der Waals surface area contributed by atoms with Gasteiger partial charge in [-0.1, -0.05) is 17.7 Å². The van der Waals surface area contributed by atoms with Crippen LogP contribution < -0.4 is 14.8 Å². The summed E-state index contributed by atoms with van der Waals surface area (Å²) < 4.78 is 26.5. The van der Waals surface area contributed by atoms with E-state index < -0.39 is 5.82 Å². The average molecular weight is 501 g/mol. The highest BCUT2D eigenvalue weighted by Gasteiger charge is 2.30. The molecule has 2 aromatic carbocycles. The lowest BCUT2D eigenvalue weighted by molar-refractivity contribution is 0.0217. The Kier molecular flexibility index (Phi) is 7.22. The summed E-state index contributed by atoms with van der Waals surface area (Å²) in [6, 6.07) is 8.95. The van der Waals surface area contributed by atoms with Crippen LogP contribution >= 0.6 is 11.6 Å². The SMILES string of the molecule is COc1cc2ncnc(Nc3cccc(Cl)c3F)c2cc1OC1CCC(N2CCC[C@H](O)C2)CC1. The molecule has 1 aromatic heterocycles. The van der Waals surface area contributed by atoms with Crippen LogP contribution in [-0.4, -0.2) is 58.4 Å². The van der Waals surface area contributed by atoms with Crippen LogP contribution in [0.1, 0.15) is 38.5 Å². The number of hydrogen-bond acceptors (Lipinski definition) is 7. The second-order valence-electron chi connectivity index (χ2n) is 9.31. The van der Waals surface area contributed by atoms with Crippen molar-refractivity contribution in [2.45, 2.75) is 56.8 Å². The molecule has 3 aromatic rings. The molecule has 0 unspecified atom stereocenters. The van der Waals surface area contributed by atoms with Gasteiger partial charge in [0.1, 0.15) is 12.1 Å². The van der Waals surface area contributed by atoms with Crippen LogP contribution in [0.15, 0.2) is 36.7 Å². The molecule has 1 aliphatic carbocycles. The van der Waals surface area contributed by atoms with Crippen molar-refractivity contribution in [3.8, 4) is 11.5 Å². The fourth-order valence-electron chi connectivity index (χ4n) is 5.17. The molecule has 7 nitrogen and oxygen atoms in total. The topological polar surface area (TPSA) is 79.7 Å². The number of aliphatic hydroxyl groups is 1. The van der Waals surface area contributed by atoms with Gasteiger partial charge in [0.25, 0.3) is 0 Å². The van der Waals surface area contributed by atoms with Gasteiger partial charge in [0, 0.05) is 24.0 Å². The van der Waals surface area contributed by atoms with Crippen molar-refractivity contribution in [3.63, 3.8) is 0 Å². The number of likely N-dealkylation sites (tertiary alicyclic amines) is 1. The van der Waals surface area contributed by atoms with E-state index in [-0.39, 0.29) is 22.9 Å². The average Bonchev–Trinajstić information content (AvgIpc) is 2.87. The van der Waals surface area contributed by atoms with Gasteiger partial charge in [-0.3, -0.25) is 4.90 Å². The maximum atomic E-state index is 14.5. The normalized spacial score (nSPS) is 23.3. The molecular formula is C26H30ClFN4O3. The summed E-state index contributed by atoms with van der Waals surface area (Å²) in [6.45, 7) is 1.84. The molecule has 0 bridgehead atoms. The molecule has 1 saturated carbocycles. The first kappa shape index (κ1) is 24.0. The fourth-order valence-corrected chi connectivity index (χ4v) is 5.34. The number of fused-ring (bicyclic) bond motifs is 1. The number of benzene rings is 2. The third-order valence-electron chi connectivity index (χ3n) is 7.01. The van der Waals surface area contributed by atoms with Crippen LogP contribution in [0.5, 0.6) is 11.5 Å². The molecule has 2 fully saturated rings. The van der Waals surface area contributed by atoms with E-state index >= 15 is 0 Å². The molecule has 1 atom stereocenters. The van der Waals surface area contributed by atoms with Gasteiger partial charge in [-0.05, 0) is 63.3 Å². The molecule has 9 heteroatoms. The first-order chi connectivity index (χ1) is 17.0. The molecule has 2 N–H and O–H groups in total. The number of piperidine rings is 1. The molecule has 0 spiro atoms. The Morgan fingerprint density at radius 2 is 1.94 bits per heavy atom. The Balaban J connectivity index is 1.34. The molecule has 0 radical (unpaired) electrons. The third-order valence-corrected chi connectivity index (χ3v) is 7.30. The Labute approximate surface area is 209 Å². The molecule has 1 aliphatic heterocycles. The van der Waals surface area contributed by atoms with Crippen molar-refractivity contribution in [1.29, 1.82) is 0 Å². The molecule has 2 heterocycles. The lowest BCUT2D eigenvalue weighted by atomic mass is 9.90. The molecule has 2 aliphatic rings. The number of aromatic nitrogens is 2. The minimum atomic E-state index is -0.538. The second-order valence-corrected chi connectivity index (χ2v) is 9.72. The summed E-state index contributed by atoms with van der Waals surface area (Å²) in [5, 5.41) is 13.8. The van der Waals surface area contributed by atoms with Gasteiger partial charge < -0.3 is 19.9 Å². The largest absolute Gasteiger partial charge is 0.493 e. The van der Waals surface area contributed by atoms with Crippen LogP contribution in [0.25, 0.3) is 10.9 Å². The summed E-state index contributed by atoms with van der Waals surface area (Å²) in [4.78, 5) is 11.1. The van der Waals surface area contributed by atoms with Gasteiger partial charge in [-0.2, -0.15) is 0 Å². The fraction of sp³-hybridized carbons (Fsp3) is 0.462. The Bertz CT molecular complexity index is 1190. The van der Waals surface area contributed by atoms with E-state index in [4.69, 9.17) is 21.1 Å². The van der Waals surface area contributed by atoms with Crippen LogP contribution in [0.3, 0.4) is 0 Å². The molecule has 1 saturated heterocycles. The van der Waals surface area contributed by atoms with Gasteiger partial charge in [0.2, 0.25) is 0 Å². The number of halogens is 2. The zero-order valence-corrected chi connectivity index (χ0v) is 20.5. The number of methoxy groups -OCH3 is 1. The van der Waals surface area contributed by atoms with Gasteiger partial charge in [0.15, 0.2) is 17.3 Å². The number of aliphatic hydroxyl groups excluding tert-OH is 1. The standard InChI is InChI=1S/C26H30ClFN4O3/c1-34-23-13-22-19(26(30-15-29-22)31-21-6-2-5-20(27)25(21)28)12-24(23)35-18-9-7-16(8-10-18)32-11-3-4-17(33)14-32/h2,5-6,12-13,15-18,33H,3-4,7-11,14H2,1H3,(H,29,30,31)/t16?,17-,18?/m0/s1. The first-order valence-electron chi connectivity index (χ1n) is 12.1. The second kappa shape index (κ2) is 10.5. The van der Waals surface area contributed by atoms with Crippen molar-refractivity contribution < 1.29 is 19.0 Å². The lowest BCUT2D eigenvalue weighted by Crippen LogP contribution is -2.46. The number of nitrogens with one attached hydrogen (secondary N) is 1. The molecule has 5 rings (SSSR count). The minimum Gasteiger partial charge on any atom is -0.493 e. The third kappa shape index (κ3) is 5.29. The van der Waals surface area contributed by atoms with Crippen molar-refractivity contribution in [1.82, 2.24) is 14.9 Å². The number of nitrogens with zero attached hydrogens (tertiary/aromatic N) is 3. The van der Waals surface area contributed by atoms with E-state index in [1.807, 2.05) is 12.1 Å². The number of ether oxygens (including phenoxy) is 2. The number of anilines is 2. The Morgan fingerprint density at radius 1 is 1.11 bits per heavy atom. The summed E-state index contributed by atoms with van der Waals surface area (Å²) in [6.07, 6.45) is 7.19. The zero-order chi connectivity index (χ0) is 24.4. The number of β-amino-alcohol motifs (C(OH)–C–C–N with tert-alkyl or cyclic N) is 1. The zero-order valence-electron chi connectivity index (χ0n) is 19.7. The minimum absolute atomic E-state index is 0.0359. The maximum absolute atomic E-state index is 14.5. The number of rotatable bonds is 6. The summed E-state index contributed by atoms with van der Waals surface area (Å²) in [7, 11) is 1.61. The predicted octanol–water partition coefficient (Wildman–Crippen LogP) is 5.32. The van der Waals surface area contributed by atoms with Gasteiger partial charge >= 0.3 is 0 Å². The number of hydrogen-bond donors (Lipinski definition) is 2. The highest BCUT2D eigenvalue weighted by molar-refractivity contribution is 6.31. The van der Waals surface area contributed by atoms with E-state index in [1.165, 1.54) is 12.4 Å². The Hall–Kier alpha value is -2.68. The van der Waals surface area contributed by atoms with E-state index in [0.29, 0.717) is 34.3 Å². The first-order valence-corrected chi connectivity index (χ1v) is 12.5.